The van der Waals surface area contributed by atoms with Gasteiger partial charge in [-0.1, -0.05) is 25.4 Å². The maximum atomic E-state index is 5.92. The Kier molecular flexibility index (Phi) is 4.73. The van der Waals surface area contributed by atoms with E-state index >= 15 is 0 Å². The van der Waals surface area contributed by atoms with E-state index < -0.39 is 0 Å². The Morgan fingerprint density at radius 1 is 1.62 bits per heavy atom. The number of nitrogens with one attached hydrogen (secondary N) is 1. The Bertz CT molecular complexity index is 253. The first-order chi connectivity index (χ1) is 6.09. The van der Waals surface area contributed by atoms with Crippen LogP contribution in [0.1, 0.15) is 18.7 Å². The smallest absolute Gasteiger partial charge is 0.107 e. The van der Waals surface area contributed by atoms with Gasteiger partial charge in [0.15, 0.2) is 0 Å². The van der Waals surface area contributed by atoms with Crippen molar-refractivity contribution in [3.05, 3.63) is 19.8 Å². The topological polar surface area (TPSA) is 12.0 Å². The highest BCUT2D eigenvalue weighted by Gasteiger charge is 2.03. The summed E-state index contributed by atoms with van der Waals surface area (Å²) in [5.41, 5.74) is 0. The fraction of sp³-hybridized carbons (Fsp3) is 0.556. The Labute approximate surface area is 96.6 Å². The van der Waals surface area contributed by atoms with Crippen molar-refractivity contribution in [2.45, 2.75) is 26.3 Å². The van der Waals surface area contributed by atoms with Crippen molar-refractivity contribution in [1.29, 1.82) is 0 Å². The van der Waals surface area contributed by atoms with Gasteiger partial charge in [-0.15, -0.1) is 11.3 Å². The van der Waals surface area contributed by atoms with Crippen LogP contribution in [0.5, 0.6) is 0 Å². The van der Waals surface area contributed by atoms with Crippen LogP contribution in [-0.4, -0.2) is 12.6 Å². The van der Waals surface area contributed by atoms with E-state index in [2.05, 4.69) is 41.2 Å². The summed E-state index contributed by atoms with van der Waals surface area (Å²) >= 11 is 11.0. The maximum absolute atomic E-state index is 5.92. The van der Waals surface area contributed by atoms with Gasteiger partial charge in [0.05, 0.1) is 0 Å². The van der Waals surface area contributed by atoms with E-state index in [9.17, 15) is 0 Å². The van der Waals surface area contributed by atoms with Gasteiger partial charge >= 0.3 is 0 Å². The lowest BCUT2D eigenvalue weighted by Gasteiger charge is -2.05. The molecule has 13 heavy (non-hydrogen) atoms. The van der Waals surface area contributed by atoms with E-state index in [-0.39, 0.29) is 0 Å². The highest BCUT2D eigenvalue weighted by atomic mass is 79.9. The molecule has 0 bridgehead atoms. The van der Waals surface area contributed by atoms with Crippen LogP contribution in [-0.2, 0) is 6.42 Å². The van der Waals surface area contributed by atoms with Crippen molar-refractivity contribution in [2.75, 3.05) is 6.54 Å². The zero-order chi connectivity index (χ0) is 9.84. The van der Waals surface area contributed by atoms with Gasteiger partial charge in [0.25, 0.3) is 0 Å². The number of rotatable bonds is 4. The lowest BCUT2D eigenvalue weighted by atomic mass is 10.3. The third-order valence-corrected chi connectivity index (χ3v) is 4.15. The zero-order valence-corrected chi connectivity index (χ0v) is 10.9. The Morgan fingerprint density at radius 2 is 2.31 bits per heavy atom. The molecule has 0 aliphatic rings. The average molecular weight is 283 g/mol. The molecule has 1 rings (SSSR count). The van der Waals surface area contributed by atoms with E-state index in [0.29, 0.717) is 6.04 Å². The Balaban J connectivity index is 2.37. The largest absolute Gasteiger partial charge is 0.314 e. The van der Waals surface area contributed by atoms with E-state index in [1.54, 1.807) is 11.3 Å². The fourth-order valence-corrected chi connectivity index (χ4v) is 2.79. The highest BCUT2D eigenvalue weighted by molar-refractivity contribution is 9.10. The van der Waals surface area contributed by atoms with E-state index in [1.165, 1.54) is 4.88 Å². The van der Waals surface area contributed by atoms with Crippen molar-refractivity contribution >= 4 is 38.9 Å². The number of thiophene rings is 1. The lowest BCUT2D eigenvalue weighted by Crippen LogP contribution is -2.24. The van der Waals surface area contributed by atoms with Gasteiger partial charge < -0.3 is 5.32 Å². The minimum atomic E-state index is 0.555. The summed E-state index contributed by atoms with van der Waals surface area (Å²) in [6, 6.07) is 2.65. The molecule has 1 nitrogen and oxygen atoms in total. The number of hydrogen-bond acceptors (Lipinski definition) is 2. The molecule has 74 valence electrons. The maximum Gasteiger partial charge on any atom is 0.107 e. The summed E-state index contributed by atoms with van der Waals surface area (Å²) in [5, 5.41) is 3.37. The molecule has 0 aliphatic heterocycles. The molecule has 1 N–H and O–H groups in total. The summed E-state index contributed by atoms with van der Waals surface area (Å²) in [4.78, 5) is 1.32. The van der Waals surface area contributed by atoms with Crippen molar-refractivity contribution in [3.63, 3.8) is 0 Å². The van der Waals surface area contributed by atoms with E-state index in [0.717, 1.165) is 21.8 Å². The predicted molar refractivity (Wildman–Crippen MR) is 63.9 cm³/mol. The third-order valence-electron chi connectivity index (χ3n) is 1.62. The first-order valence-corrected chi connectivity index (χ1v) is 6.25. The van der Waals surface area contributed by atoms with Crippen molar-refractivity contribution in [3.8, 4) is 0 Å². The molecule has 1 aromatic rings. The molecule has 0 amide bonds. The highest BCUT2D eigenvalue weighted by Crippen LogP contribution is 2.31. The molecular weight excluding hydrogens is 270 g/mol. The second-order valence-corrected chi connectivity index (χ2v) is 5.79. The van der Waals surface area contributed by atoms with Gasteiger partial charge in [0.1, 0.15) is 4.34 Å². The summed E-state index contributed by atoms with van der Waals surface area (Å²) in [6.07, 6.45) is 1.05. The molecule has 0 spiro atoms. The van der Waals surface area contributed by atoms with Crippen LogP contribution < -0.4 is 5.32 Å². The molecule has 1 heterocycles. The molecule has 0 aliphatic carbocycles. The third kappa shape index (κ3) is 3.98. The average Bonchev–Trinajstić information content (AvgIpc) is 2.30. The van der Waals surface area contributed by atoms with Gasteiger partial charge in [0.2, 0.25) is 0 Å². The molecule has 0 fully saturated rings. The van der Waals surface area contributed by atoms with Crippen LogP contribution in [0.4, 0.5) is 0 Å². The standard InChI is InChI=1S/C9H13BrClNS/c1-6(2)12-4-3-7-5-8(10)9(11)13-7/h5-6,12H,3-4H2,1-2H3. The van der Waals surface area contributed by atoms with Crippen LogP contribution in [0.3, 0.4) is 0 Å². The predicted octanol–water partition coefficient (Wildman–Crippen LogP) is 3.70. The van der Waals surface area contributed by atoms with Crippen molar-refractivity contribution < 1.29 is 0 Å². The first-order valence-electron chi connectivity index (χ1n) is 4.26. The Hall–Kier alpha value is 0.430. The SMILES string of the molecule is CC(C)NCCc1cc(Br)c(Cl)s1. The molecule has 0 saturated heterocycles. The quantitative estimate of drug-likeness (QED) is 0.888. The summed E-state index contributed by atoms with van der Waals surface area (Å²) in [7, 11) is 0. The van der Waals surface area contributed by atoms with Crippen LogP contribution in [0.2, 0.25) is 4.34 Å². The lowest BCUT2D eigenvalue weighted by molar-refractivity contribution is 0.592. The van der Waals surface area contributed by atoms with Gasteiger partial charge in [-0.25, -0.2) is 0 Å². The second kappa shape index (κ2) is 5.35. The summed E-state index contributed by atoms with van der Waals surface area (Å²) in [5.74, 6) is 0. The number of hydrogen-bond donors (Lipinski definition) is 1. The molecule has 0 saturated carbocycles. The van der Waals surface area contributed by atoms with Gasteiger partial charge in [-0.2, -0.15) is 0 Å². The van der Waals surface area contributed by atoms with Gasteiger partial charge in [0, 0.05) is 21.9 Å². The zero-order valence-electron chi connectivity index (χ0n) is 7.73. The van der Waals surface area contributed by atoms with Crippen LogP contribution in [0.15, 0.2) is 10.5 Å². The van der Waals surface area contributed by atoms with E-state index in [1.807, 2.05) is 0 Å². The summed E-state index contributed by atoms with van der Waals surface area (Å²) < 4.78 is 1.86. The van der Waals surface area contributed by atoms with E-state index in [4.69, 9.17) is 11.6 Å². The minimum Gasteiger partial charge on any atom is -0.314 e. The van der Waals surface area contributed by atoms with Crippen molar-refractivity contribution in [2.24, 2.45) is 0 Å². The normalized spacial score (nSPS) is 11.2. The second-order valence-electron chi connectivity index (χ2n) is 3.19. The molecule has 0 radical (unpaired) electrons. The summed E-state index contributed by atoms with van der Waals surface area (Å²) in [6.45, 7) is 5.32. The molecule has 0 aromatic carbocycles. The van der Waals surface area contributed by atoms with Crippen LogP contribution >= 0.6 is 38.9 Å². The molecule has 0 unspecified atom stereocenters. The van der Waals surface area contributed by atoms with Gasteiger partial charge in [-0.3, -0.25) is 0 Å². The molecule has 0 atom stereocenters. The molecule has 1 aromatic heterocycles. The van der Waals surface area contributed by atoms with Crippen LogP contribution in [0, 0.1) is 0 Å². The fourth-order valence-electron chi connectivity index (χ4n) is 0.999. The van der Waals surface area contributed by atoms with Gasteiger partial charge in [-0.05, 0) is 28.4 Å². The minimum absolute atomic E-state index is 0.555. The molecular formula is C9H13BrClNS. The first kappa shape index (κ1) is 11.5. The molecule has 4 heteroatoms. The van der Waals surface area contributed by atoms with Crippen molar-refractivity contribution in [1.82, 2.24) is 5.32 Å². The number of halogens is 2. The Morgan fingerprint density at radius 3 is 2.77 bits per heavy atom. The van der Waals surface area contributed by atoms with Crippen LogP contribution in [0.25, 0.3) is 0 Å². The monoisotopic (exact) mass is 281 g/mol.